The van der Waals surface area contributed by atoms with Crippen LogP contribution in [0.5, 0.6) is 5.75 Å². The number of nitrogens with zero attached hydrogens (tertiary/aromatic N) is 4. The molecule has 1 aromatic heterocycles. The third-order valence-corrected chi connectivity index (χ3v) is 8.61. The second-order valence-electron chi connectivity index (χ2n) is 8.46. The van der Waals surface area contributed by atoms with Crippen molar-refractivity contribution in [1.29, 1.82) is 0 Å². The quantitative estimate of drug-likeness (QED) is 0.663. The smallest absolute Gasteiger partial charge is 0.387 e. The molecule has 11 heteroatoms. The number of anilines is 1. The molecular formula is C20H24F2N4O4S. The van der Waals surface area contributed by atoms with Crippen molar-refractivity contribution >= 4 is 16.0 Å². The summed E-state index contributed by atoms with van der Waals surface area (Å²) in [5.41, 5.74) is 0. The summed E-state index contributed by atoms with van der Waals surface area (Å²) in [4.78, 5) is 6.57. The molecule has 0 N–H and O–H groups in total. The summed E-state index contributed by atoms with van der Waals surface area (Å²) < 4.78 is 61.5. The molecule has 2 saturated carbocycles. The summed E-state index contributed by atoms with van der Waals surface area (Å²) in [6, 6.07) is 5.46. The van der Waals surface area contributed by atoms with Crippen LogP contribution in [0.15, 0.2) is 33.7 Å². The average molecular weight is 454 g/mol. The molecule has 1 aliphatic heterocycles. The molecule has 8 nitrogen and oxygen atoms in total. The second kappa shape index (κ2) is 8.01. The molecular weight excluding hydrogens is 430 g/mol. The van der Waals surface area contributed by atoms with E-state index in [0.29, 0.717) is 30.9 Å². The van der Waals surface area contributed by atoms with E-state index in [1.165, 1.54) is 47.8 Å². The van der Waals surface area contributed by atoms with Gasteiger partial charge >= 0.3 is 12.6 Å². The Balaban J connectivity index is 1.21. The summed E-state index contributed by atoms with van der Waals surface area (Å²) in [6.07, 6.45) is 4.95. The maximum Gasteiger partial charge on any atom is 0.387 e. The molecule has 3 fully saturated rings. The zero-order chi connectivity index (χ0) is 21.6. The number of ether oxygens (including phenoxy) is 1. The Bertz CT molecular complexity index is 1020. The molecule has 3 atom stereocenters. The van der Waals surface area contributed by atoms with E-state index in [2.05, 4.69) is 14.9 Å². The second-order valence-corrected chi connectivity index (χ2v) is 10.4. The van der Waals surface area contributed by atoms with E-state index in [1.807, 2.05) is 4.90 Å². The Labute approximate surface area is 179 Å². The van der Waals surface area contributed by atoms with Crippen LogP contribution >= 0.6 is 0 Å². The Morgan fingerprint density at radius 1 is 1.06 bits per heavy atom. The maximum atomic E-state index is 12.9. The van der Waals surface area contributed by atoms with Gasteiger partial charge in [0.2, 0.25) is 10.0 Å². The van der Waals surface area contributed by atoms with Gasteiger partial charge in [0.15, 0.2) is 5.82 Å². The molecule has 0 radical (unpaired) electrons. The third kappa shape index (κ3) is 4.00. The normalized spacial score (nSPS) is 26.7. The van der Waals surface area contributed by atoms with E-state index < -0.39 is 16.6 Å². The molecule has 2 aliphatic carbocycles. The minimum atomic E-state index is -3.73. The minimum Gasteiger partial charge on any atom is -0.435 e. The Kier molecular flexibility index (Phi) is 5.33. The lowest BCUT2D eigenvalue weighted by atomic mass is 9.88. The van der Waals surface area contributed by atoms with E-state index in [4.69, 9.17) is 4.52 Å². The average Bonchev–Trinajstić information content (AvgIpc) is 3.51. The molecule has 3 aliphatic rings. The number of halogens is 2. The van der Waals surface area contributed by atoms with Crippen molar-refractivity contribution in [3.8, 4) is 5.75 Å². The monoisotopic (exact) mass is 454 g/mol. The number of hydrogen-bond acceptors (Lipinski definition) is 7. The van der Waals surface area contributed by atoms with Gasteiger partial charge in [-0.05, 0) is 55.4 Å². The molecule has 5 rings (SSSR count). The molecule has 31 heavy (non-hydrogen) atoms. The minimum absolute atomic E-state index is 0.0407. The van der Waals surface area contributed by atoms with E-state index in [-0.39, 0.29) is 23.7 Å². The molecule has 2 bridgehead atoms. The lowest BCUT2D eigenvalue weighted by Crippen LogP contribution is -2.48. The van der Waals surface area contributed by atoms with Crippen LogP contribution < -0.4 is 9.64 Å². The number of alkyl halides is 2. The number of hydrogen-bond donors (Lipinski definition) is 0. The zero-order valence-electron chi connectivity index (χ0n) is 16.9. The summed E-state index contributed by atoms with van der Waals surface area (Å²) in [7, 11) is -3.73. The van der Waals surface area contributed by atoms with Crippen molar-refractivity contribution in [2.75, 3.05) is 31.1 Å². The highest BCUT2D eigenvalue weighted by molar-refractivity contribution is 7.89. The number of benzene rings is 1. The van der Waals surface area contributed by atoms with Gasteiger partial charge in [0.1, 0.15) is 5.75 Å². The van der Waals surface area contributed by atoms with E-state index in [1.54, 1.807) is 0 Å². The highest BCUT2D eigenvalue weighted by atomic mass is 32.2. The summed E-state index contributed by atoms with van der Waals surface area (Å²) in [5, 5.41) is 4.21. The molecule has 168 valence electrons. The number of piperazine rings is 1. The predicted octanol–water partition coefficient (Wildman–Crippen LogP) is 3.09. The Morgan fingerprint density at radius 2 is 1.81 bits per heavy atom. The fourth-order valence-electron chi connectivity index (χ4n) is 5.13. The lowest BCUT2D eigenvalue weighted by Gasteiger charge is -2.32. The first-order chi connectivity index (χ1) is 14.9. The molecule has 1 saturated heterocycles. The number of rotatable bonds is 6. The van der Waals surface area contributed by atoms with Crippen LogP contribution in [-0.2, 0) is 10.0 Å². The van der Waals surface area contributed by atoms with Crippen LogP contribution in [0.1, 0.15) is 37.4 Å². The van der Waals surface area contributed by atoms with Gasteiger partial charge < -0.3 is 14.2 Å². The Hall–Kier alpha value is -2.27. The molecule has 1 aromatic carbocycles. The molecule has 1 unspecified atom stereocenters. The first-order valence-electron chi connectivity index (χ1n) is 10.5. The highest BCUT2D eigenvalue weighted by Gasteiger charge is 2.42. The summed E-state index contributed by atoms with van der Waals surface area (Å²) in [6.45, 7) is -1.55. The fraction of sp³-hybridized carbons (Fsp3) is 0.600. The SMILES string of the molecule is O=S(=O)(c1ccc(OC(F)F)cc1)N1CCN(c2nc(C3C[C@@H]4CC[C@H]3C4)no2)CC1. The van der Waals surface area contributed by atoms with Crippen molar-refractivity contribution in [3.05, 3.63) is 30.1 Å². The van der Waals surface area contributed by atoms with Crippen molar-refractivity contribution in [2.45, 2.75) is 43.1 Å². The molecule has 0 spiro atoms. The lowest BCUT2D eigenvalue weighted by molar-refractivity contribution is -0.0498. The Morgan fingerprint density at radius 3 is 2.42 bits per heavy atom. The van der Waals surface area contributed by atoms with Gasteiger partial charge in [0.05, 0.1) is 4.90 Å². The summed E-state index contributed by atoms with van der Waals surface area (Å²) in [5.74, 6) is 2.54. The van der Waals surface area contributed by atoms with Crippen LogP contribution in [0.3, 0.4) is 0 Å². The first-order valence-corrected chi connectivity index (χ1v) is 12.0. The first kappa shape index (κ1) is 20.6. The fourth-order valence-corrected chi connectivity index (χ4v) is 6.55. The van der Waals surface area contributed by atoms with Crippen LogP contribution in [0, 0.1) is 11.8 Å². The number of sulfonamides is 1. The molecule has 2 heterocycles. The highest BCUT2D eigenvalue weighted by Crippen LogP contribution is 2.52. The van der Waals surface area contributed by atoms with Gasteiger partial charge in [-0.25, -0.2) is 8.42 Å². The topological polar surface area (TPSA) is 88.8 Å². The van der Waals surface area contributed by atoms with E-state index in [9.17, 15) is 17.2 Å². The van der Waals surface area contributed by atoms with Crippen molar-refractivity contribution in [2.24, 2.45) is 11.8 Å². The van der Waals surface area contributed by atoms with Crippen molar-refractivity contribution < 1.29 is 26.5 Å². The van der Waals surface area contributed by atoms with Gasteiger partial charge in [0.25, 0.3) is 0 Å². The zero-order valence-corrected chi connectivity index (χ0v) is 17.7. The number of fused-ring (bicyclic) bond motifs is 2. The molecule has 2 aromatic rings. The maximum absolute atomic E-state index is 12.9. The van der Waals surface area contributed by atoms with Crippen LogP contribution in [0.4, 0.5) is 14.8 Å². The predicted molar refractivity (Wildman–Crippen MR) is 107 cm³/mol. The third-order valence-electron chi connectivity index (χ3n) is 6.70. The summed E-state index contributed by atoms with van der Waals surface area (Å²) >= 11 is 0. The van der Waals surface area contributed by atoms with Gasteiger partial charge in [-0.3, -0.25) is 0 Å². The van der Waals surface area contributed by atoms with Crippen molar-refractivity contribution in [1.82, 2.24) is 14.4 Å². The van der Waals surface area contributed by atoms with Gasteiger partial charge in [-0.15, -0.1) is 0 Å². The largest absolute Gasteiger partial charge is 0.435 e. The number of aromatic nitrogens is 2. The van der Waals surface area contributed by atoms with Gasteiger partial charge in [0, 0.05) is 32.1 Å². The van der Waals surface area contributed by atoms with Gasteiger partial charge in [-0.1, -0.05) is 11.6 Å². The van der Waals surface area contributed by atoms with Crippen LogP contribution in [0.25, 0.3) is 0 Å². The van der Waals surface area contributed by atoms with Crippen LogP contribution in [-0.4, -0.2) is 55.7 Å². The molecule has 0 amide bonds. The van der Waals surface area contributed by atoms with Crippen LogP contribution in [0.2, 0.25) is 0 Å². The van der Waals surface area contributed by atoms with Gasteiger partial charge in [-0.2, -0.15) is 18.1 Å². The van der Waals surface area contributed by atoms with E-state index in [0.717, 1.165) is 18.2 Å². The van der Waals surface area contributed by atoms with E-state index >= 15 is 0 Å². The standard InChI is InChI=1S/C20H24F2N4O4S/c21-19(22)29-15-3-5-16(6-4-15)31(27,28)26-9-7-25(8-10-26)20-23-18(24-30-20)17-12-13-1-2-14(17)11-13/h3-6,13-14,17,19H,1-2,7-12H2/t13-,14+,17?/m1/s1. The van der Waals surface area contributed by atoms with Crippen molar-refractivity contribution in [3.63, 3.8) is 0 Å².